The predicted molar refractivity (Wildman–Crippen MR) is 78.1 cm³/mol. The number of para-hydroxylation sites is 1. The van der Waals surface area contributed by atoms with Crippen molar-refractivity contribution in [2.75, 3.05) is 6.54 Å². The fourth-order valence-corrected chi connectivity index (χ4v) is 2.19. The average Bonchev–Trinajstić information content (AvgIpc) is 2.43. The minimum atomic E-state index is -0.314. The molecule has 0 fully saturated rings. The molecular formula is C15H24N2O2. The van der Waals surface area contributed by atoms with Crippen LogP contribution in [0.5, 0.6) is 0 Å². The molecule has 0 spiro atoms. The molecule has 1 aromatic rings. The van der Waals surface area contributed by atoms with E-state index in [1.54, 1.807) is 12.1 Å². The van der Waals surface area contributed by atoms with Gasteiger partial charge in [0.2, 0.25) is 0 Å². The fraction of sp³-hybridized carbons (Fsp3) is 0.600. The fourth-order valence-electron chi connectivity index (χ4n) is 2.19. The smallest absolute Gasteiger partial charge is 0.273 e. The topological polar surface area (TPSA) is 55.2 Å². The van der Waals surface area contributed by atoms with Crippen LogP contribution >= 0.6 is 0 Å². The number of nitrogens with one attached hydrogen (secondary N) is 1. The van der Waals surface area contributed by atoms with E-state index in [-0.39, 0.29) is 10.6 Å². The number of hydrogen-bond acceptors (Lipinski definition) is 3. The number of benzene rings is 1. The highest BCUT2D eigenvalue weighted by Crippen LogP contribution is 2.17. The Labute approximate surface area is 115 Å². The second-order valence-electron chi connectivity index (χ2n) is 4.93. The molecule has 1 atom stereocenters. The zero-order chi connectivity index (χ0) is 14.1. The van der Waals surface area contributed by atoms with Crippen LogP contribution in [-0.4, -0.2) is 11.5 Å². The Morgan fingerprint density at radius 2 is 2.05 bits per heavy atom. The highest BCUT2D eigenvalue weighted by atomic mass is 16.6. The minimum absolute atomic E-state index is 0.205. The lowest BCUT2D eigenvalue weighted by Gasteiger charge is -2.15. The van der Waals surface area contributed by atoms with Gasteiger partial charge in [0.05, 0.1) is 4.92 Å². The van der Waals surface area contributed by atoms with Crippen molar-refractivity contribution in [1.29, 1.82) is 0 Å². The molecule has 0 bridgehead atoms. The zero-order valence-electron chi connectivity index (χ0n) is 11.9. The highest BCUT2D eigenvalue weighted by Gasteiger charge is 2.12. The Balaban J connectivity index is 2.46. The lowest BCUT2D eigenvalue weighted by molar-refractivity contribution is -0.385. The van der Waals surface area contributed by atoms with Crippen LogP contribution in [0, 0.1) is 16.0 Å². The summed E-state index contributed by atoms with van der Waals surface area (Å²) in [6.07, 6.45) is 4.87. The van der Waals surface area contributed by atoms with Gasteiger partial charge in [0.25, 0.3) is 5.69 Å². The Bertz CT molecular complexity index is 393. The van der Waals surface area contributed by atoms with Crippen molar-refractivity contribution in [3.63, 3.8) is 0 Å². The van der Waals surface area contributed by atoms with Crippen LogP contribution < -0.4 is 5.32 Å². The molecule has 0 aliphatic carbocycles. The van der Waals surface area contributed by atoms with E-state index in [0.29, 0.717) is 12.5 Å². The van der Waals surface area contributed by atoms with Crippen LogP contribution in [0.1, 0.15) is 45.1 Å². The molecule has 0 saturated carbocycles. The molecule has 4 heteroatoms. The maximum Gasteiger partial charge on any atom is 0.273 e. The highest BCUT2D eigenvalue weighted by molar-refractivity contribution is 5.39. The first-order valence-electron chi connectivity index (χ1n) is 7.12. The normalized spacial score (nSPS) is 12.3. The molecular weight excluding hydrogens is 240 g/mol. The van der Waals surface area contributed by atoms with Gasteiger partial charge < -0.3 is 5.32 Å². The minimum Gasteiger partial charge on any atom is -0.312 e. The number of nitrogens with zero attached hydrogens (tertiary/aromatic N) is 1. The van der Waals surface area contributed by atoms with Gasteiger partial charge in [0.15, 0.2) is 0 Å². The van der Waals surface area contributed by atoms with Gasteiger partial charge in [-0.05, 0) is 18.9 Å². The first kappa shape index (κ1) is 15.6. The van der Waals surface area contributed by atoms with Gasteiger partial charge >= 0.3 is 0 Å². The summed E-state index contributed by atoms with van der Waals surface area (Å²) in [4.78, 5) is 10.6. The zero-order valence-corrected chi connectivity index (χ0v) is 11.9. The molecule has 0 saturated heterocycles. The number of rotatable bonds is 9. The van der Waals surface area contributed by atoms with E-state index >= 15 is 0 Å². The SMILES string of the molecule is CCCCC(CC)CNCc1ccccc1[N+](=O)[O-]. The molecule has 0 radical (unpaired) electrons. The van der Waals surface area contributed by atoms with Crippen molar-refractivity contribution in [3.8, 4) is 0 Å². The third-order valence-corrected chi connectivity index (χ3v) is 3.48. The van der Waals surface area contributed by atoms with Gasteiger partial charge in [0.1, 0.15) is 0 Å². The molecule has 1 rings (SSSR count). The summed E-state index contributed by atoms with van der Waals surface area (Å²) in [7, 11) is 0. The maximum atomic E-state index is 10.9. The van der Waals surface area contributed by atoms with Gasteiger partial charge in [-0.25, -0.2) is 0 Å². The summed E-state index contributed by atoms with van der Waals surface area (Å²) >= 11 is 0. The van der Waals surface area contributed by atoms with Gasteiger partial charge in [-0.15, -0.1) is 0 Å². The summed E-state index contributed by atoms with van der Waals surface area (Å²) in [6.45, 7) is 5.91. The van der Waals surface area contributed by atoms with Crippen LogP contribution in [0.15, 0.2) is 24.3 Å². The van der Waals surface area contributed by atoms with Gasteiger partial charge in [-0.2, -0.15) is 0 Å². The van der Waals surface area contributed by atoms with E-state index in [4.69, 9.17) is 0 Å². The summed E-state index contributed by atoms with van der Waals surface area (Å²) in [5.74, 6) is 0.669. The second-order valence-corrected chi connectivity index (χ2v) is 4.93. The molecule has 4 nitrogen and oxygen atoms in total. The molecule has 1 N–H and O–H groups in total. The van der Waals surface area contributed by atoms with Gasteiger partial charge in [-0.3, -0.25) is 10.1 Å². The van der Waals surface area contributed by atoms with Crippen molar-refractivity contribution < 1.29 is 4.92 Å². The Hall–Kier alpha value is -1.42. The summed E-state index contributed by atoms with van der Waals surface area (Å²) in [6, 6.07) is 6.93. The summed E-state index contributed by atoms with van der Waals surface area (Å²) in [5, 5.41) is 14.2. The molecule has 0 aliphatic heterocycles. The monoisotopic (exact) mass is 264 g/mol. The number of hydrogen-bond donors (Lipinski definition) is 1. The standard InChI is InChI=1S/C15H24N2O2/c1-3-5-8-13(4-2)11-16-12-14-9-6-7-10-15(14)17(18)19/h6-7,9-10,13,16H,3-5,8,11-12H2,1-2H3. The predicted octanol–water partition coefficient (Wildman–Crippen LogP) is 3.90. The molecule has 0 aliphatic rings. The Morgan fingerprint density at radius 1 is 1.32 bits per heavy atom. The van der Waals surface area contributed by atoms with Crippen molar-refractivity contribution in [1.82, 2.24) is 5.32 Å². The van der Waals surface area contributed by atoms with Crippen molar-refractivity contribution >= 4 is 5.69 Å². The van der Waals surface area contributed by atoms with Gasteiger partial charge in [-0.1, -0.05) is 51.3 Å². The molecule has 0 heterocycles. The lowest BCUT2D eigenvalue weighted by atomic mass is 9.99. The van der Waals surface area contributed by atoms with Crippen molar-refractivity contribution in [3.05, 3.63) is 39.9 Å². The number of nitro benzene ring substituents is 1. The first-order valence-corrected chi connectivity index (χ1v) is 7.12. The third kappa shape index (κ3) is 5.39. The Morgan fingerprint density at radius 3 is 2.68 bits per heavy atom. The van der Waals surface area contributed by atoms with E-state index < -0.39 is 0 Å². The first-order chi connectivity index (χ1) is 9.19. The maximum absolute atomic E-state index is 10.9. The van der Waals surface area contributed by atoms with Gasteiger partial charge in [0, 0.05) is 18.2 Å². The van der Waals surface area contributed by atoms with Crippen LogP contribution in [0.4, 0.5) is 5.69 Å². The molecule has 19 heavy (non-hydrogen) atoms. The molecule has 106 valence electrons. The van der Waals surface area contributed by atoms with E-state index in [1.807, 2.05) is 12.1 Å². The van der Waals surface area contributed by atoms with Crippen LogP contribution in [0.25, 0.3) is 0 Å². The van der Waals surface area contributed by atoms with Crippen LogP contribution in [-0.2, 0) is 6.54 Å². The Kier molecular flexibility index (Phi) is 7.11. The van der Waals surface area contributed by atoms with E-state index in [9.17, 15) is 10.1 Å². The summed E-state index contributed by atoms with van der Waals surface area (Å²) < 4.78 is 0. The quantitative estimate of drug-likeness (QED) is 0.543. The molecule has 1 unspecified atom stereocenters. The molecule has 1 aromatic carbocycles. The lowest BCUT2D eigenvalue weighted by Crippen LogP contribution is -2.22. The molecule has 0 amide bonds. The van der Waals surface area contributed by atoms with Crippen LogP contribution in [0.2, 0.25) is 0 Å². The number of unbranched alkanes of at least 4 members (excludes halogenated alkanes) is 1. The molecule has 0 aromatic heterocycles. The van der Waals surface area contributed by atoms with Crippen molar-refractivity contribution in [2.24, 2.45) is 5.92 Å². The van der Waals surface area contributed by atoms with Crippen LogP contribution in [0.3, 0.4) is 0 Å². The third-order valence-electron chi connectivity index (χ3n) is 3.48. The average molecular weight is 264 g/mol. The largest absolute Gasteiger partial charge is 0.312 e. The van der Waals surface area contributed by atoms with Crippen molar-refractivity contribution in [2.45, 2.75) is 46.1 Å². The van der Waals surface area contributed by atoms with E-state index in [0.717, 1.165) is 18.5 Å². The second kappa shape index (κ2) is 8.64. The summed E-state index contributed by atoms with van der Waals surface area (Å²) in [5.41, 5.74) is 0.967. The van der Waals surface area contributed by atoms with E-state index in [1.165, 1.54) is 19.3 Å². The van der Waals surface area contributed by atoms with E-state index in [2.05, 4.69) is 19.2 Å². The number of nitro groups is 1.